The van der Waals surface area contributed by atoms with Crippen LogP contribution in [0.1, 0.15) is 16.1 Å². The van der Waals surface area contributed by atoms with E-state index in [0.29, 0.717) is 30.2 Å². The van der Waals surface area contributed by atoms with Crippen LogP contribution in [0.3, 0.4) is 0 Å². The van der Waals surface area contributed by atoms with Gasteiger partial charge in [0.05, 0.1) is 30.6 Å². The Kier molecular flexibility index (Phi) is 4.64. The van der Waals surface area contributed by atoms with Gasteiger partial charge < -0.3 is 14.7 Å². The van der Waals surface area contributed by atoms with E-state index in [-0.39, 0.29) is 19.1 Å². The molecule has 1 aromatic carbocycles. The Bertz CT molecular complexity index is 691. The molecule has 6 nitrogen and oxygen atoms in total. The predicted octanol–water partition coefficient (Wildman–Crippen LogP) is 1.29. The third-order valence-corrected chi connectivity index (χ3v) is 3.78. The summed E-state index contributed by atoms with van der Waals surface area (Å²) < 4.78 is 5.26. The molecule has 0 radical (unpaired) electrons. The Labute approximate surface area is 134 Å². The molecule has 0 bridgehead atoms. The van der Waals surface area contributed by atoms with Gasteiger partial charge in [-0.1, -0.05) is 30.3 Å². The van der Waals surface area contributed by atoms with E-state index < -0.39 is 6.10 Å². The number of β-amino-alcohol motifs (C(OH)–C–C–N with tert-alkyl or cyclic N) is 1. The van der Waals surface area contributed by atoms with Crippen LogP contribution in [0.25, 0.3) is 11.4 Å². The molecule has 1 aliphatic rings. The van der Waals surface area contributed by atoms with Crippen LogP contribution in [0.15, 0.2) is 36.5 Å². The Morgan fingerprint density at radius 3 is 2.87 bits per heavy atom. The van der Waals surface area contributed by atoms with Gasteiger partial charge in [0.25, 0.3) is 5.91 Å². The minimum absolute atomic E-state index is 0.174. The van der Waals surface area contributed by atoms with Crippen molar-refractivity contribution < 1.29 is 14.6 Å². The smallest absolute Gasteiger partial charge is 0.257 e. The van der Waals surface area contributed by atoms with Crippen molar-refractivity contribution in [1.82, 2.24) is 14.9 Å². The van der Waals surface area contributed by atoms with E-state index in [1.807, 2.05) is 30.3 Å². The maximum absolute atomic E-state index is 12.6. The Morgan fingerprint density at radius 2 is 2.13 bits per heavy atom. The van der Waals surface area contributed by atoms with Gasteiger partial charge >= 0.3 is 0 Å². The van der Waals surface area contributed by atoms with Crippen LogP contribution in [0, 0.1) is 6.92 Å². The van der Waals surface area contributed by atoms with Gasteiger partial charge in [0.15, 0.2) is 5.82 Å². The fourth-order valence-corrected chi connectivity index (χ4v) is 2.55. The van der Waals surface area contributed by atoms with Gasteiger partial charge in [-0.2, -0.15) is 0 Å². The fourth-order valence-electron chi connectivity index (χ4n) is 2.55. The van der Waals surface area contributed by atoms with Crippen LogP contribution in [0.5, 0.6) is 0 Å². The lowest BCUT2D eigenvalue weighted by Crippen LogP contribution is -2.38. The summed E-state index contributed by atoms with van der Waals surface area (Å²) in [5, 5.41) is 9.77. The van der Waals surface area contributed by atoms with Crippen molar-refractivity contribution in [2.75, 3.05) is 26.3 Å². The number of ether oxygens (including phenoxy) is 1. The standard InChI is InChI=1S/C17H19N3O3/c1-12-15(17(22)20-7-8-23-11-14(21)10-20)9-18-16(19-12)13-5-3-2-4-6-13/h2-6,9,14,21H,7-8,10-11H2,1H3/t14-/m0/s1. The van der Waals surface area contributed by atoms with Gasteiger partial charge in [-0.3, -0.25) is 4.79 Å². The molecule has 0 spiro atoms. The van der Waals surface area contributed by atoms with Crippen LogP contribution in [0.4, 0.5) is 0 Å². The summed E-state index contributed by atoms with van der Waals surface area (Å²) in [4.78, 5) is 23.0. The first-order chi connectivity index (χ1) is 11.1. The molecule has 2 heterocycles. The van der Waals surface area contributed by atoms with Crippen LogP contribution < -0.4 is 0 Å². The van der Waals surface area contributed by atoms with Gasteiger partial charge in [0.2, 0.25) is 0 Å². The summed E-state index contributed by atoms with van der Waals surface area (Å²) in [6.07, 6.45) is 0.900. The number of aromatic nitrogens is 2. The SMILES string of the molecule is Cc1nc(-c2ccccc2)ncc1C(=O)N1CCOC[C@@H](O)C1. The molecule has 0 saturated carbocycles. The van der Waals surface area contributed by atoms with E-state index >= 15 is 0 Å². The number of hydrogen-bond acceptors (Lipinski definition) is 5. The molecule has 1 fully saturated rings. The third-order valence-electron chi connectivity index (χ3n) is 3.78. The van der Waals surface area contributed by atoms with Crippen molar-refractivity contribution in [3.63, 3.8) is 0 Å². The summed E-state index contributed by atoms with van der Waals surface area (Å²) in [7, 11) is 0. The highest BCUT2D eigenvalue weighted by Gasteiger charge is 2.24. The van der Waals surface area contributed by atoms with Crippen molar-refractivity contribution in [2.24, 2.45) is 0 Å². The molecular formula is C17H19N3O3. The third kappa shape index (κ3) is 3.55. The van der Waals surface area contributed by atoms with E-state index in [0.717, 1.165) is 5.56 Å². The molecule has 1 saturated heterocycles. The number of aliphatic hydroxyl groups is 1. The number of aliphatic hydroxyl groups excluding tert-OH is 1. The molecule has 1 N–H and O–H groups in total. The van der Waals surface area contributed by atoms with E-state index in [2.05, 4.69) is 9.97 Å². The van der Waals surface area contributed by atoms with Crippen molar-refractivity contribution in [3.8, 4) is 11.4 Å². The normalized spacial score (nSPS) is 18.5. The molecule has 120 valence electrons. The van der Waals surface area contributed by atoms with E-state index in [4.69, 9.17) is 4.74 Å². The van der Waals surface area contributed by atoms with Crippen LogP contribution in [-0.4, -0.2) is 58.3 Å². The lowest BCUT2D eigenvalue weighted by molar-refractivity contribution is 0.0534. The highest BCUT2D eigenvalue weighted by Crippen LogP contribution is 2.17. The summed E-state index contributed by atoms with van der Waals surface area (Å²) in [6, 6.07) is 9.63. The molecule has 0 aliphatic carbocycles. The molecule has 0 unspecified atom stereocenters. The van der Waals surface area contributed by atoms with Crippen LogP contribution in [-0.2, 0) is 4.74 Å². The van der Waals surface area contributed by atoms with Gasteiger partial charge in [-0.15, -0.1) is 0 Å². The zero-order valence-corrected chi connectivity index (χ0v) is 13.0. The van der Waals surface area contributed by atoms with Crippen molar-refractivity contribution in [1.29, 1.82) is 0 Å². The zero-order chi connectivity index (χ0) is 16.2. The topological polar surface area (TPSA) is 75.6 Å². The maximum Gasteiger partial charge on any atom is 0.257 e. The molecular weight excluding hydrogens is 294 g/mol. The number of hydrogen-bond donors (Lipinski definition) is 1. The first kappa shape index (κ1) is 15.6. The second kappa shape index (κ2) is 6.85. The summed E-state index contributed by atoms with van der Waals surface area (Å²) in [5.74, 6) is 0.422. The van der Waals surface area contributed by atoms with Crippen molar-refractivity contribution >= 4 is 5.91 Å². The predicted molar refractivity (Wildman–Crippen MR) is 84.9 cm³/mol. The van der Waals surface area contributed by atoms with Crippen LogP contribution in [0.2, 0.25) is 0 Å². The van der Waals surface area contributed by atoms with E-state index in [1.165, 1.54) is 0 Å². The minimum atomic E-state index is -0.661. The Hall–Kier alpha value is -2.31. The Morgan fingerprint density at radius 1 is 1.35 bits per heavy atom. The number of benzene rings is 1. The first-order valence-electron chi connectivity index (χ1n) is 7.59. The highest BCUT2D eigenvalue weighted by molar-refractivity contribution is 5.95. The molecule has 2 aromatic rings. The molecule has 1 aliphatic heterocycles. The van der Waals surface area contributed by atoms with Gasteiger partial charge in [-0.25, -0.2) is 9.97 Å². The average Bonchev–Trinajstić information content (AvgIpc) is 2.79. The van der Waals surface area contributed by atoms with Gasteiger partial charge in [0.1, 0.15) is 0 Å². The van der Waals surface area contributed by atoms with Crippen molar-refractivity contribution in [2.45, 2.75) is 13.0 Å². The largest absolute Gasteiger partial charge is 0.389 e. The number of carbonyl (C=O) groups is 1. The minimum Gasteiger partial charge on any atom is -0.389 e. The molecule has 6 heteroatoms. The molecule has 23 heavy (non-hydrogen) atoms. The monoisotopic (exact) mass is 313 g/mol. The number of amides is 1. The van der Waals surface area contributed by atoms with E-state index in [1.54, 1.807) is 18.0 Å². The molecule has 1 amide bonds. The summed E-state index contributed by atoms with van der Waals surface area (Å²) >= 11 is 0. The number of rotatable bonds is 2. The molecule has 1 atom stereocenters. The first-order valence-corrected chi connectivity index (χ1v) is 7.59. The van der Waals surface area contributed by atoms with E-state index in [9.17, 15) is 9.90 Å². The molecule has 3 rings (SSSR count). The maximum atomic E-state index is 12.6. The second-order valence-corrected chi connectivity index (χ2v) is 5.54. The zero-order valence-electron chi connectivity index (χ0n) is 13.0. The lowest BCUT2D eigenvalue weighted by Gasteiger charge is -2.21. The number of carbonyl (C=O) groups excluding carboxylic acids is 1. The summed E-state index contributed by atoms with van der Waals surface area (Å²) in [5.41, 5.74) is 2.00. The lowest BCUT2D eigenvalue weighted by atomic mass is 10.1. The Balaban J connectivity index is 1.84. The van der Waals surface area contributed by atoms with Gasteiger partial charge in [-0.05, 0) is 6.92 Å². The van der Waals surface area contributed by atoms with Crippen molar-refractivity contribution in [3.05, 3.63) is 47.8 Å². The quantitative estimate of drug-likeness (QED) is 0.904. The summed E-state index contributed by atoms with van der Waals surface area (Å²) in [6.45, 7) is 3.19. The van der Waals surface area contributed by atoms with Crippen LogP contribution >= 0.6 is 0 Å². The number of aryl methyl sites for hydroxylation is 1. The van der Waals surface area contributed by atoms with Gasteiger partial charge in [0, 0.05) is 24.8 Å². The average molecular weight is 313 g/mol. The highest BCUT2D eigenvalue weighted by atomic mass is 16.5. The number of nitrogens with zero attached hydrogens (tertiary/aromatic N) is 3. The second-order valence-electron chi connectivity index (χ2n) is 5.54. The fraction of sp³-hybridized carbons (Fsp3) is 0.353. The molecule has 1 aromatic heterocycles.